The first-order chi connectivity index (χ1) is 7.66. The average molecular weight is 267 g/mol. The lowest BCUT2D eigenvalue weighted by atomic mass is 10.1. The van der Waals surface area contributed by atoms with E-state index in [2.05, 4.69) is 5.32 Å². The first kappa shape index (κ1) is 14.3. The van der Waals surface area contributed by atoms with Crippen molar-refractivity contribution in [2.24, 2.45) is 0 Å². The number of rotatable bonds is 2. The summed E-state index contributed by atoms with van der Waals surface area (Å²) in [6, 6.07) is 1.54. The van der Waals surface area contributed by atoms with Gasteiger partial charge in [0.05, 0.1) is 0 Å². The van der Waals surface area contributed by atoms with Crippen LogP contribution < -0.4 is 5.32 Å². The summed E-state index contributed by atoms with van der Waals surface area (Å²) in [6.07, 6.45) is 0. The maximum absolute atomic E-state index is 13.3. The van der Waals surface area contributed by atoms with Crippen LogP contribution in [0.15, 0.2) is 12.1 Å². The Hall–Kier alpha value is -0.780. The Bertz CT molecular complexity index is 381. The van der Waals surface area contributed by atoms with E-state index < -0.39 is 17.5 Å². The first-order valence-corrected chi connectivity index (χ1v) is 5.23. The Morgan fingerprint density at radius 2 is 1.59 bits per heavy atom. The minimum atomic E-state index is -1.14. The highest BCUT2D eigenvalue weighted by Gasteiger charge is 2.14. The number of piperazine rings is 1. The summed E-state index contributed by atoms with van der Waals surface area (Å²) in [7, 11) is 0. The highest BCUT2D eigenvalue weighted by atomic mass is 35.5. The molecule has 1 aliphatic rings. The summed E-state index contributed by atoms with van der Waals surface area (Å²) >= 11 is 0. The van der Waals surface area contributed by atoms with Gasteiger partial charge >= 0.3 is 0 Å². The largest absolute Gasteiger partial charge is 0.314 e. The van der Waals surface area contributed by atoms with E-state index in [1.807, 2.05) is 4.90 Å². The minimum absolute atomic E-state index is 0. The van der Waals surface area contributed by atoms with Gasteiger partial charge in [0.25, 0.3) is 0 Å². The molecule has 17 heavy (non-hydrogen) atoms. The predicted molar refractivity (Wildman–Crippen MR) is 61.7 cm³/mol. The van der Waals surface area contributed by atoms with Crippen molar-refractivity contribution in [3.63, 3.8) is 0 Å². The van der Waals surface area contributed by atoms with E-state index in [9.17, 15) is 13.2 Å². The molecule has 1 aliphatic heterocycles. The minimum Gasteiger partial charge on any atom is -0.314 e. The quantitative estimate of drug-likeness (QED) is 0.823. The monoisotopic (exact) mass is 266 g/mol. The zero-order valence-electron chi connectivity index (χ0n) is 9.18. The van der Waals surface area contributed by atoms with Crippen LogP contribution in [0.25, 0.3) is 0 Å². The number of nitrogens with zero attached hydrogens (tertiary/aromatic N) is 1. The fourth-order valence-electron chi connectivity index (χ4n) is 1.80. The highest BCUT2D eigenvalue weighted by Crippen LogP contribution is 2.15. The molecule has 6 heteroatoms. The van der Waals surface area contributed by atoms with Gasteiger partial charge in [0.2, 0.25) is 0 Å². The van der Waals surface area contributed by atoms with Crippen LogP contribution in [0.5, 0.6) is 0 Å². The molecule has 0 aromatic heterocycles. The van der Waals surface area contributed by atoms with Gasteiger partial charge in [-0.2, -0.15) is 0 Å². The highest BCUT2D eigenvalue weighted by molar-refractivity contribution is 5.85. The third-order valence-electron chi connectivity index (χ3n) is 2.69. The number of benzene rings is 1. The topological polar surface area (TPSA) is 15.3 Å². The molecule has 1 aromatic carbocycles. The van der Waals surface area contributed by atoms with Crippen LogP contribution in [0, 0.1) is 17.5 Å². The zero-order chi connectivity index (χ0) is 11.5. The molecular weight excluding hydrogens is 253 g/mol. The van der Waals surface area contributed by atoms with Gasteiger partial charge in [-0.3, -0.25) is 4.90 Å². The summed E-state index contributed by atoms with van der Waals surface area (Å²) in [5.74, 6) is -2.81. The van der Waals surface area contributed by atoms with Crippen LogP contribution >= 0.6 is 12.4 Å². The number of halogens is 4. The lowest BCUT2D eigenvalue weighted by Gasteiger charge is -2.27. The second-order valence-electron chi connectivity index (χ2n) is 3.88. The van der Waals surface area contributed by atoms with Gasteiger partial charge in [0, 0.05) is 44.4 Å². The van der Waals surface area contributed by atoms with Crippen LogP contribution in [-0.2, 0) is 6.54 Å². The fourth-order valence-corrected chi connectivity index (χ4v) is 1.80. The number of nitrogens with one attached hydrogen (secondary N) is 1. The van der Waals surface area contributed by atoms with Crippen molar-refractivity contribution >= 4 is 12.4 Å². The molecule has 2 rings (SSSR count). The maximum Gasteiger partial charge on any atom is 0.161 e. The summed E-state index contributed by atoms with van der Waals surface area (Å²) in [4.78, 5) is 2.01. The molecule has 1 saturated heterocycles. The molecule has 1 fully saturated rings. The summed E-state index contributed by atoms with van der Waals surface area (Å²) in [6.45, 7) is 3.58. The molecule has 0 unspecified atom stereocenters. The normalized spacial score (nSPS) is 16.6. The van der Waals surface area contributed by atoms with E-state index in [1.165, 1.54) is 0 Å². The molecule has 2 nitrogen and oxygen atoms in total. The third kappa shape index (κ3) is 3.59. The first-order valence-electron chi connectivity index (χ1n) is 5.23. The zero-order valence-corrected chi connectivity index (χ0v) is 10.00. The Morgan fingerprint density at radius 3 is 2.24 bits per heavy atom. The van der Waals surface area contributed by atoms with Gasteiger partial charge in [-0.05, 0) is 6.07 Å². The van der Waals surface area contributed by atoms with Crippen molar-refractivity contribution < 1.29 is 13.2 Å². The SMILES string of the molecule is Cl.Fc1cc(F)c(CN2CCNCC2)cc1F. The molecule has 96 valence electrons. The van der Waals surface area contributed by atoms with Crippen LogP contribution in [0.2, 0.25) is 0 Å². The van der Waals surface area contributed by atoms with Crippen LogP contribution in [0.3, 0.4) is 0 Å². The second-order valence-corrected chi connectivity index (χ2v) is 3.88. The molecule has 0 saturated carbocycles. The van der Waals surface area contributed by atoms with Crippen LogP contribution in [-0.4, -0.2) is 31.1 Å². The molecule has 0 radical (unpaired) electrons. The number of hydrogen-bond acceptors (Lipinski definition) is 2. The van der Waals surface area contributed by atoms with E-state index in [-0.39, 0.29) is 18.0 Å². The third-order valence-corrected chi connectivity index (χ3v) is 2.69. The van der Waals surface area contributed by atoms with Crippen molar-refractivity contribution in [3.8, 4) is 0 Å². The van der Waals surface area contributed by atoms with Crippen molar-refractivity contribution in [2.45, 2.75) is 6.54 Å². The van der Waals surface area contributed by atoms with E-state index in [0.717, 1.165) is 32.2 Å². The Balaban J connectivity index is 0.00000144. The van der Waals surface area contributed by atoms with E-state index >= 15 is 0 Å². The van der Waals surface area contributed by atoms with Gasteiger partial charge in [0.15, 0.2) is 11.6 Å². The molecular formula is C11H14ClF3N2. The summed E-state index contributed by atoms with van der Waals surface area (Å²) in [5.41, 5.74) is 0.209. The van der Waals surface area contributed by atoms with Crippen molar-refractivity contribution in [2.75, 3.05) is 26.2 Å². The molecule has 0 atom stereocenters. The Kier molecular flexibility index (Phi) is 5.24. The van der Waals surface area contributed by atoms with Gasteiger partial charge in [-0.15, -0.1) is 12.4 Å². The van der Waals surface area contributed by atoms with Crippen molar-refractivity contribution in [1.82, 2.24) is 10.2 Å². The van der Waals surface area contributed by atoms with E-state index in [0.29, 0.717) is 12.6 Å². The Labute approximate surface area is 104 Å². The molecule has 0 amide bonds. The number of hydrogen-bond donors (Lipinski definition) is 1. The molecule has 1 N–H and O–H groups in total. The molecule has 0 spiro atoms. The van der Waals surface area contributed by atoms with Gasteiger partial charge in [-0.25, -0.2) is 13.2 Å². The predicted octanol–water partition coefficient (Wildman–Crippen LogP) is 1.93. The molecule has 1 heterocycles. The van der Waals surface area contributed by atoms with Crippen molar-refractivity contribution in [3.05, 3.63) is 35.1 Å². The Morgan fingerprint density at radius 1 is 1.00 bits per heavy atom. The lowest BCUT2D eigenvalue weighted by molar-refractivity contribution is 0.230. The van der Waals surface area contributed by atoms with E-state index in [4.69, 9.17) is 0 Å². The summed E-state index contributed by atoms with van der Waals surface area (Å²) < 4.78 is 39.0. The molecule has 0 aliphatic carbocycles. The fraction of sp³-hybridized carbons (Fsp3) is 0.455. The molecule has 1 aromatic rings. The smallest absolute Gasteiger partial charge is 0.161 e. The van der Waals surface area contributed by atoms with Gasteiger partial charge in [0.1, 0.15) is 5.82 Å². The van der Waals surface area contributed by atoms with E-state index in [1.54, 1.807) is 0 Å². The second kappa shape index (κ2) is 6.23. The van der Waals surface area contributed by atoms with Crippen molar-refractivity contribution in [1.29, 1.82) is 0 Å². The molecule has 0 bridgehead atoms. The van der Waals surface area contributed by atoms with Crippen LogP contribution in [0.1, 0.15) is 5.56 Å². The summed E-state index contributed by atoms with van der Waals surface area (Å²) in [5, 5.41) is 3.17. The van der Waals surface area contributed by atoms with Gasteiger partial charge < -0.3 is 5.32 Å². The standard InChI is InChI=1S/C11H13F3N2.ClH/c12-9-6-11(14)10(13)5-8(9)7-16-3-1-15-2-4-16;/h5-6,15H,1-4,7H2;1H. The van der Waals surface area contributed by atoms with Crippen LogP contribution in [0.4, 0.5) is 13.2 Å². The average Bonchev–Trinajstić information content (AvgIpc) is 2.27. The van der Waals surface area contributed by atoms with Gasteiger partial charge in [-0.1, -0.05) is 0 Å². The maximum atomic E-state index is 13.3. The lowest BCUT2D eigenvalue weighted by Crippen LogP contribution is -2.43.